The Morgan fingerprint density at radius 3 is 1.07 bits per heavy atom. The second kappa shape index (κ2) is 18.2. The highest BCUT2D eigenvalue weighted by atomic mass is 15.0. The molecule has 0 saturated heterocycles. The molecule has 0 spiro atoms. The van der Waals surface area contributed by atoms with Gasteiger partial charge in [0, 0.05) is 94.8 Å². The molecule has 6 aromatic heterocycles. The van der Waals surface area contributed by atoms with Crippen LogP contribution < -0.4 is 0 Å². The van der Waals surface area contributed by atoms with Gasteiger partial charge in [0.2, 0.25) is 0 Å². The first-order valence-corrected chi connectivity index (χ1v) is 27.7. The molecule has 0 aliphatic carbocycles. The van der Waals surface area contributed by atoms with E-state index < -0.39 is 0 Å². The molecule has 382 valence electrons. The number of para-hydroxylation sites is 6. The van der Waals surface area contributed by atoms with Crippen molar-refractivity contribution in [2.75, 3.05) is 0 Å². The summed E-state index contributed by atoms with van der Waals surface area (Å²) in [4.78, 5) is 20.9. The standard InChI is InChI=1S/C74H46N8/c1-5-21-47(22-6-1)72-76-73(48-23-7-2-8-24-48)78-74(77-72)56-38-37-51(81-65-35-19-15-31-54(65)60-42-58-52-29-13-17-33-63(52)79(68(58)44-70(60)81)49-25-9-3-10-26-49)41-57(56)62-46-75-40-39-67(62)82-66-36-20-16-32-55(66)61-43-59-53-30-14-18-34-64(53)80(69(59)45-71(61)82)50-27-11-4-12-28-50/h1-46H. The zero-order valence-electron chi connectivity index (χ0n) is 44.1. The third kappa shape index (κ3) is 6.98. The minimum atomic E-state index is 0.552. The molecule has 0 aliphatic rings. The fourth-order valence-corrected chi connectivity index (χ4v) is 12.9. The summed E-state index contributed by atoms with van der Waals surface area (Å²) in [6.07, 6.45) is 3.93. The van der Waals surface area contributed by atoms with Crippen LogP contribution in [0.1, 0.15) is 0 Å². The minimum Gasteiger partial charge on any atom is -0.309 e. The van der Waals surface area contributed by atoms with E-state index in [1.165, 1.54) is 32.3 Å². The number of nitrogens with zero attached hydrogens (tertiary/aromatic N) is 8. The molecule has 0 aliphatic heterocycles. The highest BCUT2D eigenvalue weighted by Gasteiger charge is 2.25. The fraction of sp³-hybridized carbons (Fsp3) is 0. The maximum Gasteiger partial charge on any atom is 0.164 e. The molecule has 11 aromatic carbocycles. The molecular formula is C74H46N8. The third-order valence-corrected chi connectivity index (χ3v) is 16.5. The van der Waals surface area contributed by atoms with Crippen LogP contribution in [0.4, 0.5) is 0 Å². The van der Waals surface area contributed by atoms with E-state index in [1.807, 2.05) is 48.8 Å². The van der Waals surface area contributed by atoms with Crippen LogP contribution in [0.15, 0.2) is 279 Å². The van der Waals surface area contributed by atoms with Crippen molar-refractivity contribution in [3.63, 3.8) is 0 Å². The molecule has 6 heterocycles. The average molecular weight is 1050 g/mol. The van der Waals surface area contributed by atoms with Gasteiger partial charge >= 0.3 is 0 Å². The van der Waals surface area contributed by atoms with Crippen molar-refractivity contribution in [2.24, 2.45) is 0 Å². The number of aromatic nitrogens is 8. The quantitative estimate of drug-likeness (QED) is 0.152. The van der Waals surface area contributed by atoms with Crippen LogP contribution in [0.5, 0.6) is 0 Å². The maximum absolute atomic E-state index is 5.40. The number of rotatable bonds is 8. The molecule has 82 heavy (non-hydrogen) atoms. The molecular weight excluding hydrogens is 1000 g/mol. The van der Waals surface area contributed by atoms with Gasteiger partial charge in [0.25, 0.3) is 0 Å². The molecule has 0 radical (unpaired) electrons. The molecule has 0 fully saturated rings. The largest absolute Gasteiger partial charge is 0.309 e. The number of hydrogen-bond acceptors (Lipinski definition) is 4. The van der Waals surface area contributed by atoms with Gasteiger partial charge in [0.05, 0.1) is 49.8 Å². The van der Waals surface area contributed by atoms with Crippen LogP contribution >= 0.6 is 0 Å². The molecule has 0 saturated carbocycles. The smallest absolute Gasteiger partial charge is 0.164 e. The van der Waals surface area contributed by atoms with Gasteiger partial charge in [-0.25, -0.2) is 15.0 Å². The SMILES string of the molecule is c1ccc(-c2nc(-c3ccccc3)nc(-c3ccc(-n4c5ccccc5c5cc6c7ccccc7n(-c7ccccc7)c6cc54)cc3-c3cnccc3-n3c4ccccc4c4cc5c6ccccc6n(-c6ccccc6)c5cc43)n2)cc1. The first-order chi connectivity index (χ1) is 40.7. The van der Waals surface area contributed by atoms with Gasteiger partial charge in [-0.2, -0.15) is 0 Å². The lowest BCUT2D eigenvalue weighted by Crippen LogP contribution is -2.04. The zero-order valence-corrected chi connectivity index (χ0v) is 44.1. The maximum atomic E-state index is 5.40. The minimum absolute atomic E-state index is 0.552. The van der Waals surface area contributed by atoms with E-state index in [4.69, 9.17) is 19.9 Å². The molecule has 8 nitrogen and oxygen atoms in total. The molecule has 8 heteroatoms. The number of pyridine rings is 1. The Hall–Kier alpha value is -11.2. The first kappa shape index (κ1) is 45.8. The van der Waals surface area contributed by atoms with Gasteiger partial charge in [-0.15, -0.1) is 0 Å². The van der Waals surface area contributed by atoms with Gasteiger partial charge in [-0.05, 0) is 103 Å². The van der Waals surface area contributed by atoms with Gasteiger partial charge in [-0.1, -0.05) is 170 Å². The van der Waals surface area contributed by atoms with Crippen LogP contribution in [0, 0.1) is 0 Å². The summed E-state index contributed by atoms with van der Waals surface area (Å²) >= 11 is 0. The van der Waals surface area contributed by atoms with Crippen molar-refractivity contribution in [3.05, 3.63) is 279 Å². The van der Waals surface area contributed by atoms with Crippen LogP contribution in [-0.2, 0) is 0 Å². The van der Waals surface area contributed by atoms with Crippen molar-refractivity contribution in [2.45, 2.75) is 0 Å². The van der Waals surface area contributed by atoms with Crippen LogP contribution in [0.2, 0.25) is 0 Å². The van der Waals surface area contributed by atoms with Gasteiger partial charge < -0.3 is 18.3 Å². The monoisotopic (exact) mass is 1050 g/mol. The predicted octanol–water partition coefficient (Wildman–Crippen LogP) is 18.3. The van der Waals surface area contributed by atoms with E-state index >= 15 is 0 Å². The van der Waals surface area contributed by atoms with E-state index in [-0.39, 0.29) is 0 Å². The van der Waals surface area contributed by atoms with E-state index in [9.17, 15) is 0 Å². The van der Waals surface area contributed by atoms with Crippen molar-refractivity contribution < 1.29 is 0 Å². The van der Waals surface area contributed by atoms with Crippen LogP contribution in [0.3, 0.4) is 0 Å². The highest BCUT2D eigenvalue weighted by Crippen LogP contribution is 2.45. The summed E-state index contributed by atoms with van der Waals surface area (Å²) in [5, 5.41) is 9.50. The van der Waals surface area contributed by atoms with Crippen molar-refractivity contribution in [1.82, 2.24) is 38.2 Å². The Kier molecular flexibility index (Phi) is 10.1. The average Bonchev–Trinajstić information content (AvgIpc) is 2.25. The van der Waals surface area contributed by atoms with E-state index in [2.05, 4.69) is 249 Å². The first-order valence-electron chi connectivity index (χ1n) is 27.7. The number of fused-ring (bicyclic) bond motifs is 12. The molecule has 17 aromatic rings. The van der Waals surface area contributed by atoms with Gasteiger partial charge in [0.1, 0.15) is 0 Å². The van der Waals surface area contributed by atoms with Crippen molar-refractivity contribution in [3.8, 4) is 68.0 Å². The molecule has 0 N–H and O–H groups in total. The second-order valence-electron chi connectivity index (χ2n) is 21.0. The molecule has 0 amide bonds. The molecule has 0 bridgehead atoms. The lowest BCUT2D eigenvalue weighted by atomic mass is 9.97. The normalized spacial score (nSPS) is 11.9. The number of benzene rings is 11. The topological polar surface area (TPSA) is 71.3 Å². The molecule has 0 unspecified atom stereocenters. The summed E-state index contributed by atoms with van der Waals surface area (Å²) in [5.74, 6) is 1.73. The fourth-order valence-electron chi connectivity index (χ4n) is 12.9. The van der Waals surface area contributed by atoms with Crippen LogP contribution in [-0.4, -0.2) is 38.2 Å². The Morgan fingerprint density at radius 2 is 0.610 bits per heavy atom. The predicted molar refractivity (Wildman–Crippen MR) is 337 cm³/mol. The van der Waals surface area contributed by atoms with Crippen molar-refractivity contribution in [1.29, 1.82) is 0 Å². The molecule has 17 rings (SSSR count). The third-order valence-electron chi connectivity index (χ3n) is 16.5. The number of hydrogen-bond donors (Lipinski definition) is 0. The molecule has 0 atom stereocenters. The lowest BCUT2D eigenvalue weighted by molar-refractivity contribution is 1.07. The second-order valence-corrected chi connectivity index (χ2v) is 21.0. The van der Waals surface area contributed by atoms with E-state index in [0.29, 0.717) is 17.5 Å². The summed E-state index contributed by atoms with van der Waals surface area (Å²) in [6.45, 7) is 0. The Morgan fingerprint density at radius 1 is 0.232 bits per heavy atom. The van der Waals surface area contributed by atoms with E-state index in [1.54, 1.807) is 0 Å². The summed E-state index contributed by atoms with van der Waals surface area (Å²) in [5.41, 5.74) is 17.6. The lowest BCUT2D eigenvalue weighted by Gasteiger charge is -2.19. The van der Waals surface area contributed by atoms with Crippen molar-refractivity contribution >= 4 is 87.2 Å². The summed E-state index contributed by atoms with van der Waals surface area (Å²) < 4.78 is 9.66. The zero-order chi connectivity index (χ0) is 53.8. The van der Waals surface area contributed by atoms with E-state index in [0.717, 1.165) is 105 Å². The van der Waals surface area contributed by atoms with Gasteiger partial charge in [-0.3, -0.25) is 4.98 Å². The van der Waals surface area contributed by atoms with Gasteiger partial charge in [0.15, 0.2) is 17.5 Å². The summed E-state index contributed by atoms with van der Waals surface area (Å²) in [7, 11) is 0. The Balaban J connectivity index is 0.972. The summed E-state index contributed by atoms with van der Waals surface area (Å²) in [6, 6.07) is 95.3. The Labute approximate surface area is 470 Å². The highest BCUT2D eigenvalue weighted by molar-refractivity contribution is 6.21. The van der Waals surface area contributed by atoms with Crippen LogP contribution in [0.25, 0.3) is 155 Å². The Bertz CT molecular complexity index is 5330.